The monoisotopic (exact) mass is 393 g/mol. The molecule has 24 heavy (non-hydrogen) atoms. The van der Waals surface area contributed by atoms with E-state index in [-0.39, 0.29) is 18.2 Å². The Morgan fingerprint density at radius 2 is 1.92 bits per heavy atom. The van der Waals surface area contributed by atoms with Gasteiger partial charge in [-0.2, -0.15) is 5.01 Å². The molecule has 0 atom stereocenters. The Balaban J connectivity index is 1.64. The molecule has 3 rings (SSSR count). The number of amides is 4. The molecule has 4 amide bonds. The second-order valence-corrected chi connectivity index (χ2v) is 7.59. The molecule has 2 fully saturated rings. The molecule has 0 aromatic heterocycles. The molecule has 7 heteroatoms. The van der Waals surface area contributed by atoms with E-state index in [1.54, 1.807) is 0 Å². The molecule has 1 heterocycles. The van der Waals surface area contributed by atoms with Crippen LogP contribution >= 0.6 is 15.9 Å². The first-order chi connectivity index (χ1) is 11.4. The van der Waals surface area contributed by atoms with Crippen LogP contribution in [0, 0.1) is 5.92 Å². The van der Waals surface area contributed by atoms with Gasteiger partial charge in [0.2, 0.25) is 5.91 Å². The predicted octanol–water partition coefficient (Wildman–Crippen LogP) is 2.52. The number of carbonyl (C=O) groups excluding carboxylic acids is 3. The van der Waals surface area contributed by atoms with Crippen LogP contribution in [0.2, 0.25) is 0 Å². The van der Waals surface area contributed by atoms with Crippen LogP contribution in [0.25, 0.3) is 0 Å². The molecule has 1 spiro atoms. The normalized spacial score (nSPS) is 26.6. The molecule has 2 N–H and O–H groups in total. The van der Waals surface area contributed by atoms with Crippen molar-refractivity contribution in [1.82, 2.24) is 15.8 Å². The highest BCUT2D eigenvalue weighted by atomic mass is 79.9. The summed E-state index contributed by atoms with van der Waals surface area (Å²) in [5.41, 5.74) is 2.42. The highest BCUT2D eigenvalue weighted by Crippen LogP contribution is 2.35. The van der Waals surface area contributed by atoms with Crippen molar-refractivity contribution < 1.29 is 14.4 Å². The number of hydrazine groups is 1. The Morgan fingerprint density at radius 1 is 1.29 bits per heavy atom. The van der Waals surface area contributed by atoms with E-state index in [4.69, 9.17) is 0 Å². The summed E-state index contributed by atoms with van der Waals surface area (Å²) in [6.07, 6.45) is 3.14. The number of hydrogen-bond donors (Lipinski definition) is 2. The molecular weight excluding hydrogens is 374 g/mol. The molecule has 1 aromatic carbocycles. The van der Waals surface area contributed by atoms with Gasteiger partial charge >= 0.3 is 6.03 Å². The molecule has 2 aliphatic rings. The van der Waals surface area contributed by atoms with Crippen LogP contribution in [0.1, 0.15) is 38.2 Å². The Hall–Kier alpha value is -1.89. The van der Waals surface area contributed by atoms with E-state index in [1.165, 1.54) is 0 Å². The Labute approximate surface area is 149 Å². The third-order valence-corrected chi connectivity index (χ3v) is 5.33. The van der Waals surface area contributed by atoms with E-state index >= 15 is 0 Å². The average molecular weight is 394 g/mol. The summed E-state index contributed by atoms with van der Waals surface area (Å²) in [6, 6.07) is 6.78. The number of halogens is 1. The minimum Gasteiger partial charge on any atom is -0.322 e. The number of imide groups is 1. The van der Waals surface area contributed by atoms with Crippen LogP contribution in [0.5, 0.6) is 0 Å². The number of carbonyl (C=O) groups is 3. The van der Waals surface area contributed by atoms with Crippen molar-refractivity contribution in [3.63, 3.8) is 0 Å². The zero-order valence-corrected chi connectivity index (χ0v) is 15.1. The molecule has 1 aromatic rings. The summed E-state index contributed by atoms with van der Waals surface area (Å²) in [6.45, 7) is 2.14. The van der Waals surface area contributed by atoms with Crippen molar-refractivity contribution in [1.29, 1.82) is 0 Å². The van der Waals surface area contributed by atoms with Gasteiger partial charge in [0.05, 0.1) is 6.42 Å². The number of nitrogens with one attached hydrogen (secondary N) is 2. The van der Waals surface area contributed by atoms with Gasteiger partial charge in [-0.1, -0.05) is 35.0 Å². The van der Waals surface area contributed by atoms with Crippen molar-refractivity contribution in [3.8, 4) is 0 Å². The van der Waals surface area contributed by atoms with Crippen molar-refractivity contribution in [2.75, 3.05) is 0 Å². The lowest BCUT2D eigenvalue weighted by molar-refractivity contribution is -0.139. The molecule has 6 nitrogen and oxygen atoms in total. The molecule has 0 radical (unpaired) electrons. The quantitative estimate of drug-likeness (QED) is 0.774. The van der Waals surface area contributed by atoms with Crippen LogP contribution in [0.15, 0.2) is 28.7 Å². The fourth-order valence-corrected chi connectivity index (χ4v) is 3.53. The van der Waals surface area contributed by atoms with Crippen LogP contribution in [-0.2, 0) is 16.0 Å². The number of hydrogen-bond acceptors (Lipinski definition) is 3. The van der Waals surface area contributed by atoms with Gasteiger partial charge in [0.1, 0.15) is 5.54 Å². The topological polar surface area (TPSA) is 78.5 Å². The van der Waals surface area contributed by atoms with Crippen molar-refractivity contribution in [2.24, 2.45) is 5.92 Å². The minimum absolute atomic E-state index is 0.106. The maximum absolute atomic E-state index is 12.7. The molecular formula is C17H20BrN3O3. The molecule has 1 aliphatic carbocycles. The summed E-state index contributed by atoms with van der Waals surface area (Å²) >= 11 is 3.34. The second-order valence-electron chi connectivity index (χ2n) is 6.67. The molecule has 1 saturated carbocycles. The number of rotatable bonds is 3. The number of nitrogens with zero attached hydrogens (tertiary/aromatic N) is 1. The average Bonchev–Trinajstić information content (AvgIpc) is 2.77. The fraction of sp³-hybridized carbons (Fsp3) is 0.471. The molecule has 128 valence electrons. The minimum atomic E-state index is -0.839. The molecule has 1 saturated heterocycles. The van der Waals surface area contributed by atoms with Gasteiger partial charge < -0.3 is 5.32 Å². The maximum Gasteiger partial charge on any atom is 0.344 e. The Bertz CT molecular complexity index is 666. The van der Waals surface area contributed by atoms with E-state index < -0.39 is 11.6 Å². The molecule has 0 unspecified atom stereocenters. The second kappa shape index (κ2) is 6.55. The fourth-order valence-electron chi connectivity index (χ4n) is 3.27. The van der Waals surface area contributed by atoms with Crippen molar-refractivity contribution in [2.45, 2.75) is 44.6 Å². The number of urea groups is 1. The zero-order valence-electron chi connectivity index (χ0n) is 13.5. The highest BCUT2D eigenvalue weighted by Gasteiger charge is 2.52. The Morgan fingerprint density at radius 3 is 2.54 bits per heavy atom. The molecule has 0 bridgehead atoms. The summed E-state index contributed by atoms with van der Waals surface area (Å²) < 4.78 is 0.925. The first-order valence-electron chi connectivity index (χ1n) is 8.10. The van der Waals surface area contributed by atoms with E-state index in [9.17, 15) is 14.4 Å². The standard InChI is InChI=1S/C17H20BrN3O3/c1-11-6-8-17(9-7-11)15(23)21(16(24)19-17)20-14(22)10-12-2-4-13(18)5-3-12/h2-5,11H,6-10H2,1H3,(H,19,24)(H,20,22). The van der Waals surface area contributed by atoms with Crippen LogP contribution in [0.4, 0.5) is 4.79 Å². The van der Waals surface area contributed by atoms with Gasteiger partial charge in [0.25, 0.3) is 5.91 Å². The first-order valence-corrected chi connectivity index (χ1v) is 8.89. The SMILES string of the molecule is CC1CCC2(CC1)NC(=O)N(NC(=O)Cc1ccc(Br)cc1)C2=O. The van der Waals surface area contributed by atoms with Gasteiger partial charge in [0, 0.05) is 4.47 Å². The summed E-state index contributed by atoms with van der Waals surface area (Å²) in [4.78, 5) is 37.0. The smallest absolute Gasteiger partial charge is 0.322 e. The Kier molecular flexibility index (Phi) is 4.62. The van der Waals surface area contributed by atoms with Gasteiger partial charge in [-0.05, 0) is 49.3 Å². The summed E-state index contributed by atoms with van der Waals surface area (Å²) in [7, 11) is 0. The highest BCUT2D eigenvalue weighted by molar-refractivity contribution is 9.10. The lowest BCUT2D eigenvalue weighted by atomic mass is 9.77. The van der Waals surface area contributed by atoms with E-state index in [0.717, 1.165) is 27.9 Å². The first kappa shape index (κ1) is 17.0. The van der Waals surface area contributed by atoms with Gasteiger partial charge in [-0.3, -0.25) is 15.0 Å². The summed E-state index contributed by atoms with van der Waals surface area (Å²) in [5.74, 6) is -0.174. The third-order valence-electron chi connectivity index (χ3n) is 4.80. The third kappa shape index (κ3) is 3.31. The van der Waals surface area contributed by atoms with E-state index in [2.05, 4.69) is 33.6 Å². The zero-order chi connectivity index (χ0) is 17.3. The van der Waals surface area contributed by atoms with E-state index in [1.807, 2.05) is 24.3 Å². The maximum atomic E-state index is 12.7. The predicted molar refractivity (Wildman–Crippen MR) is 91.7 cm³/mol. The van der Waals surface area contributed by atoms with Crippen LogP contribution in [0.3, 0.4) is 0 Å². The summed E-state index contributed by atoms with van der Waals surface area (Å²) in [5, 5.41) is 3.63. The van der Waals surface area contributed by atoms with Gasteiger partial charge in [-0.15, -0.1) is 0 Å². The van der Waals surface area contributed by atoms with Crippen LogP contribution in [-0.4, -0.2) is 28.4 Å². The van der Waals surface area contributed by atoms with Gasteiger partial charge in [-0.25, -0.2) is 4.79 Å². The van der Waals surface area contributed by atoms with E-state index in [0.29, 0.717) is 18.8 Å². The molecule has 1 aliphatic heterocycles. The lowest BCUT2D eigenvalue weighted by Gasteiger charge is -2.33. The largest absolute Gasteiger partial charge is 0.344 e. The van der Waals surface area contributed by atoms with Crippen LogP contribution < -0.4 is 10.7 Å². The van der Waals surface area contributed by atoms with Crippen molar-refractivity contribution in [3.05, 3.63) is 34.3 Å². The van der Waals surface area contributed by atoms with Gasteiger partial charge in [0.15, 0.2) is 0 Å². The number of benzene rings is 1. The lowest BCUT2D eigenvalue weighted by Crippen LogP contribution is -2.51. The van der Waals surface area contributed by atoms with Crippen molar-refractivity contribution >= 4 is 33.8 Å².